The zero-order valence-corrected chi connectivity index (χ0v) is 15.2. The van der Waals surface area contributed by atoms with Gasteiger partial charge in [0.2, 0.25) is 0 Å². The molecule has 2 aromatic heterocycles. The molecule has 4 rings (SSSR count). The van der Waals surface area contributed by atoms with E-state index in [2.05, 4.69) is 27.6 Å². The number of hydrogen-bond acceptors (Lipinski definition) is 4. The van der Waals surface area contributed by atoms with Crippen molar-refractivity contribution in [2.45, 2.75) is 38.7 Å². The number of nitrogens with zero attached hydrogens (tertiary/aromatic N) is 2. The molecule has 0 saturated carbocycles. The van der Waals surface area contributed by atoms with E-state index in [1.165, 1.54) is 0 Å². The van der Waals surface area contributed by atoms with E-state index in [9.17, 15) is 4.79 Å². The minimum Gasteiger partial charge on any atom is -0.489 e. The van der Waals surface area contributed by atoms with Crippen LogP contribution in [0.1, 0.15) is 38.2 Å². The Morgan fingerprint density at radius 1 is 1.27 bits per heavy atom. The van der Waals surface area contributed by atoms with E-state index in [-0.39, 0.29) is 17.6 Å². The first-order valence-electron chi connectivity index (χ1n) is 9.19. The molecule has 1 saturated heterocycles. The first kappa shape index (κ1) is 16.8. The molecule has 1 aliphatic rings. The van der Waals surface area contributed by atoms with Crippen LogP contribution in [0.3, 0.4) is 0 Å². The molecule has 1 fully saturated rings. The summed E-state index contributed by atoms with van der Waals surface area (Å²) in [4.78, 5) is 12.2. The molecule has 6 nitrogen and oxygen atoms in total. The summed E-state index contributed by atoms with van der Waals surface area (Å²) in [6, 6.07) is 6.14. The van der Waals surface area contributed by atoms with Gasteiger partial charge in [0.1, 0.15) is 11.9 Å². The molecule has 1 aromatic carbocycles. The molecule has 0 bridgehead atoms. The van der Waals surface area contributed by atoms with Crippen molar-refractivity contribution in [3.05, 3.63) is 52.7 Å². The summed E-state index contributed by atoms with van der Waals surface area (Å²) in [7, 11) is 0. The van der Waals surface area contributed by atoms with Crippen LogP contribution in [-0.4, -0.2) is 34.0 Å². The zero-order valence-electron chi connectivity index (χ0n) is 15.2. The minimum atomic E-state index is -0.135. The monoisotopic (exact) mass is 352 g/mol. The summed E-state index contributed by atoms with van der Waals surface area (Å²) < 4.78 is 8.10. The van der Waals surface area contributed by atoms with Gasteiger partial charge in [-0.2, -0.15) is 5.10 Å². The second kappa shape index (κ2) is 6.96. The van der Waals surface area contributed by atoms with Crippen molar-refractivity contribution in [1.82, 2.24) is 20.1 Å². The quantitative estimate of drug-likeness (QED) is 0.757. The summed E-state index contributed by atoms with van der Waals surface area (Å²) in [5.41, 5.74) is 1.42. The fourth-order valence-corrected chi connectivity index (χ4v) is 3.61. The molecule has 26 heavy (non-hydrogen) atoms. The fourth-order valence-electron chi connectivity index (χ4n) is 3.61. The van der Waals surface area contributed by atoms with Crippen molar-refractivity contribution < 1.29 is 4.74 Å². The number of H-pyrrole nitrogens is 1. The molecule has 0 unspecified atom stereocenters. The maximum Gasteiger partial charge on any atom is 0.269 e. The van der Waals surface area contributed by atoms with E-state index in [0.29, 0.717) is 0 Å². The molecule has 0 radical (unpaired) electrons. The Morgan fingerprint density at radius 3 is 2.88 bits per heavy atom. The van der Waals surface area contributed by atoms with Gasteiger partial charge in [-0.3, -0.25) is 4.79 Å². The first-order chi connectivity index (χ1) is 12.6. The van der Waals surface area contributed by atoms with Crippen LogP contribution >= 0.6 is 0 Å². The number of piperidine rings is 1. The summed E-state index contributed by atoms with van der Waals surface area (Å²) in [6.07, 6.45) is 8.24. The third-order valence-corrected chi connectivity index (χ3v) is 4.90. The molecular weight excluding hydrogens is 328 g/mol. The zero-order chi connectivity index (χ0) is 18.1. The molecule has 2 N–H and O–H groups in total. The predicted molar refractivity (Wildman–Crippen MR) is 102 cm³/mol. The van der Waals surface area contributed by atoms with E-state index in [1.807, 2.05) is 36.9 Å². The van der Waals surface area contributed by atoms with Gasteiger partial charge in [-0.15, -0.1) is 0 Å². The average molecular weight is 352 g/mol. The van der Waals surface area contributed by atoms with E-state index in [4.69, 9.17) is 4.74 Å². The van der Waals surface area contributed by atoms with Gasteiger partial charge in [0.25, 0.3) is 5.56 Å². The Labute approximate surface area is 152 Å². The van der Waals surface area contributed by atoms with Crippen molar-refractivity contribution >= 4 is 10.8 Å². The lowest BCUT2D eigenvalue weighted by Crippen LogP contribution is -2.37. The van der Waals surface area contributed by atoms with E-state index in [0.717, 1.165) is 53.7 Å². The molecule has 0 amide bonds. The largest absolute Gasteiger partial charge is 0.489 e. The number of fused-ring (bicyclic) bond motifs is 1. The van der Waals surface area contributed by atoms with Crippen molar-refractivity contribution in [2.75, 3.05) is 13.1 Å². The summed E-state index contributed by atoms with van der Waals surface area (Å²) >= 11 is 0. The lowest BCUT2D eigenvalue weighted by atomic mass is 10.0. The van der Waals surface area contributed by atoms with Crippen LogP contribution in [0.4, 0.5) is 0 Å². The van der Waals surface area contributed by atoms with Crippen LogP contribution in [0.25, 0.3) is 16.5 Å². The Morgan fingerprint density at radius 2 is 2.12 bits per heavy atom. The highest BCUT2D eigenvalue weighted by Crippen LogP contribution is 2.27. The molecule has 0 spiro atoms. The Bertz CT molecular complexity index is 967. The normalized spacial score (nSPS) is 17.7. The van der Waals surface area contributed by atoms with Crippen LogP contribution in [-0.2, 0) is 0 Å². The van der Waals surface area contributed by atoms with Crippen molar-refractivity contribution in [3.8, 4) is 11.4 Å². The van der Waals surface area contributed by atoms with E-state index in [1.54, 1.807) is 6.20 Å². The smallest absolute Gasteiger partial charge is 0.269 e. The van der Waals surface area contributed by atoms with Crippen LogP contribution in [0.15, 0.2) is 41.6 Å². The fraction of sp³-hybridized carbons (Fsp3) is 0.400. The number of aromatic amines is 1. The molecular formula is C20H24N4O2. The SMILES string of the molecule is CC(C)c1c(-n2cc3ccc(O[C@H]4CCCNC4)cc3c2)cn[nH]c1=O. The minimum absolute atomic E-state index is 0.111. The predicted octanol–water partition coefficient (Wildman–Crippen LogP) is 2.97. The molecule has 3 aromatic rings. The number of nitrogens with one attached hydrogen (secondary N) is 2. The number of ether oxygens (including phenoxy) is 1. The van der Waals surface area contributed by atoms with Gasteiger partial charge in [0.15, 0.2) is 0 Å². The highest BCUT2D eigenvalue weighted by Gasteiger charge is 2.16. The molecule has 0 aliphatic carbocycles. The molecule has 3 heterocycles. The number of hydrogen-bond donors (Lipinski definition) is 2. The highest BCUT2D eigenvalue weighted by atomic mass is 16.5. The summed E-state index contributed by atoms with van der Waals surface area (Å²) in [6.45, 7) is 6.00. The van der Waals surface area contributed by atoms with Crippen molar-refractivity contribution in [1.29, 1.82) is 0 Å². The average Bonchev–Trinajstić information content (AvgIpc) is 3.05. The van der Waals surface area contributed by atoms with Crippen LogP contribution in [0.5, 0.6) is 5.75 Å². The molecule has 6 heteroatoms. The van der Waals surface area contributed by atoms with Gasteiger partial charge < -0.3 is 14.6 Å². The second-order valence-electron chi connectivity index (χ2n) is 7.20. The Kier molecular flexibility index (Phi) is 4.51. The first-order valence-corrected chi connectivity index (χ1v) is 9.19. The van der Waals surface area contributed by atoms with Gasteiger partial charge in [-0.1, -0.05) is 13.8 Å². The lowest BCUT2D eigenvalue weighted by Gasteiger charge is -2.23. The summed E-state index contributed by atoms with van der Waals surface area (Å²) in [5.74, 6) is 0.997. The number of rotatable bonds is 4. The van der Waals surface area contributed by atoms with Crippen LogP contribution < -0.4 is 15.6 Å². The summed E-state index contributed by atoms with van der Waals surface area (Å²) in [5, 5.41) is 12.1. The van der Waals surface area contributed by atoms with Crippen molar-refractivity contribution in [2.24, 2.45) is 0 Å². The van der Waals surface area contributed by atoms with Gasteiger partial charge in [0, 0.05) is 35.3 Å². The number of aromatic nitrogens is 3. The highest BCUT2D eigenvalue weighted by molar-refractivity contribution is 5.84. The third kappa shape index (κ3) is 3.24. The third-order valence-electron chi connectivity index (χ3n) is 4.90. The lowest BCUT2D eigenvalue weighted by molar-refractivity contribution is 0.167. The maximum atomic E-state index is 12.2. The molecule has 136 valence electrons. The van der Waals surface area contributed by atoms with Gasteiger partial charge in [0.05, 0.1) is 11.9 Å². The van der Waals surface area contributed by atoms with Crippen molar-refractivity contribution in [3.63, 3.8) is 0 Å². The van der Waals surface area contributed by atoms with Gasteiger partial charge in [-0.25, -0.2) is 5.10 Å². The van der Waals surface area contributed by atoms with E-state index >= 15 is 0 Å². The van der Waals surface area contributed by atoms with Gasteiger partial charge >= 0.3 is 0 Å². The standard InChI is InChI=1S/C20H24N4O2/c1-13(2)19-18(10-22-23-20(19)25)24-11-14-5-6-16(8-15(14)12-24)26-17-4-3-7-21-9-17/h5-6,8,10-13,17,21H,3-4,7,9H2,1-2H3,(H,23,25)/t17-/m0/s1. The van der Waals surface area contributed by atoms with Crippen LogP contribution in [0, 0.1) is 0 Å². The second-order valence-corrected chi connectivity index (χ2v) is 7.20. The Balaban J connectivity index is 1.68. The number of benzene rings is 1. The molecule has 1 aliphatic heterocycles. The van der Waals surface area contributed by atoms with E-state index < -0.39 is 0 Å². The maximum absolute atomic E-state index is 12.2. The van der Waals surface area contributed by atoms with Gasteiger partial charge in [-0.05, 0) is 43.5 Å². The Hall–Kier alpha value is -2.60. The van der Waals surface area contributed by atoms with Crippen LogP contribution in [0.2, 0.25) is 0 Å². The topological polar surface area (TPSA) is 71.9 Å². The molecule has 1 atom stereocenters.